The lowest BCUT2D eigenvalue weighted by molar-refractivity contribution is -0.124. The zero-order valence-electron chi connectivity index (χ0n) is 11.9. The van der Waals surface area contributed by atoms with E-state index in [0.717, 1.165) is 0 Å². The minimum absolute atomic E-state index is 0.0133. The van der Waals surface area contributed by atoms with Crippen LogP contribution >= 0.6 is 0 Å². The van der Waals surface area contributed by atoms with Gasteiger partial charge < -0.3 is 9.88 Å². The number of hydrogen-bond acceptors (Lipinski definition) is 2. The first-order valence-electron chi connectivity index (χ1n) is 6.69. The molecule has 2 atom stereocenters. The average molecular weight is 293 g/mol. The Balaban J connectivity index is 1.98. The first-order chi connectivity index (χ1) is 9.99. The maximum atomic E-state index is 13.6. The first kappa shape index (κ1) is 15.2. The van der Waals surface area contributed by atoms with Crippen molar-refractivity contribution in [3.63, 3.8) is 0 Å². The Morgan fingerprint density at radius 2 is 2.00 bits per heavy atom. The van der Waals surface area contributed by atoms with Crippen LogP contribution in [0.25, 0.3) is 0 Å². The van der Waals surface area contributed by atoms with E-state index in [0.29, 0.717) is 0 Å². The second-order valence-electron chi connectivity index (χ2n) is 5.00. The largest absolute Gasteiger partial charge is 0.352 e. The molecule has 0 aliphatic carbocycles. The van der Waals surface area contributed by atoms with Gasteiger partial charge >= 0.3 is 0 Å². The maximum Gasteiger partial charge on any atom is 0.243 e. The van der Waals surface area contributed by atoms with E-state index in [-0.39, 0.29) is 23.9 Å². The van der Waals surface area contributed by atoms with Crippen LogP contribution in [0.5, 0.6) is 0 Å². The number of imidazole rings is 1. The summed E-state index contributed by atoms with van der Waals surface area (Å²) in [5.74, 6) is -1.42. The van der Waals surface area contributed by atoms with Crippen molar-refractivity contribution in [3.05, 3.63) is 54.1 Å². The first-order valence-corrected chi connectivity index (χ1v) is 6.69. The summed E-state index contributed by atoms with van der Waals surface area (Å²) < 4.78 is 28.8. The molecular weight excluding hydrogens is 276 g/mol. The Labute approximate surface area is 121 Å². The topological polar surface area (TPSA) is 46.9 Å². The van der Waals surface area contributed by atoms with Crippen molar-refractivity contribution in [3.8, 4) is 0 Å². The van der Waals surface area contributed by atoms with E-state index < -0.39 is 17.7 Å². The molecule has 1 N–H and O–H groups in total. The molecule has 0 bridgehead atoms. The molecule has 2 rings (SSSR count). The molecule has 1 heterocycles. The fourth-order valence-electron chi connectivity index (χ4n) is 2.08. The van der Waals surface area contributed by atoms with Crippen molar-refractivity contribution in [2.75, 3.05) is 0 Å². The Hall–Kier alpha value is -2.24. The van der Waals surface area contributed by atoms with E-state index in [1.54, 1.807) is 37.1 Å². The standard InChI is InChI=1S/C15H17F2N3O/c1-10(8-12-13(16)4-3-5-14(12)17)19-15(21)11(2)20-7-6-18-9-20/h3-7,9-11H,8H2,1-2H3,(H,19,21). The van der Waals surface area contributed by atoms with E-state index in [4.69, 9.17) is 0 Å². The smallest absolute Gasteiger partial charge is 0.243 e. The SMILES string of the molecule is CC(Cc1c(F)cccc1F)NC(=O)C(C)n1ccnc1. The molecule has 0 saturated heterocycles. The molecule has 0 fully saturated rings. The molecule has 6 heteroatoms. The van der Waals surface area contributed by atoms with Gasteiger partial charge in [0.1, 0.15) is 17.7 Å². The Morgan fingerprint density at radius 3 is 2.57 bits per heavy atom. The predicted molar refractivity (Wildman–Crippen MR) is 74.6 cm³/mol. The predicted octanol–water partition coefficient (Wildman–Crippen LogP) is 2.47. The Kier molecular flexibility index (Phi) is 4.67. The number of hydrogen-bond donors (Lipinski definition) is 1. The molecule has 21 heavy (non-hydrogen) atoms. The number of carbonyl (C=O) groups excluding carboxylic acids is 1. The minimum atomic E-state index is -0.598. The summed E-state index contributed by atoms with van der Waals surface area (Å²) in [6, 6.07) is 2.93. The van der Waals surface area contributed by atoms with E-state index in [2.05, 4.69) is 10.3 Å². The molecule has 4 nitrogen and oxygen atoms in total. The molecule has 0 aliphatic rings. The van der Waals surface area contributed by atoms with Crippen molar-refractivity contribution >= 4 is 5.91 Å². The summed E-state index contributed by atoms with van der Waals surface area (Å²) in [7, 11) is 0. The fourth-order valence-corrected chi connectivity index (χ4v) is 2.08. The van der Waals surface area contributed by atoms with Gasteiger partial charge in [0.2, 0.25) is 5.91 Å². The Morgan fingerprint density at radius 1 is 1.33 bits per heavy atom. The molecule has 0 spiro atoms. The third-order valence-electron chi connectivity index (χ3n) is 3.31. The summed E-state index contributed by atoms with van der Waals surface area (Å²) in [6.07, 6.45) is 4.92. The molecule has 112 valence electrons. The van der Waals surface area contributed by atoms with Crippen molar-refractivity contribution in [1.82, 2.24) is 14.9 Å². The highest BCUT2D eigenvalue weighted by atomic mass is 19.1. The third-order valence-corrected chi connectivity index (χ3v) is 3.31. The van der Waals surface area contributed by atoms with Crippen LogP contribution in [0.4, 0.5) is 8.78 Å². The number of aromatic nitrogens is 2. The van der Waals surface area contributed by atoms with Gasteiger partial charge in [-0.05, 0) is 32.4 Å². The van der Waals surface area contributed by atoms with E-state index in [9.17, 15) is 13.6 Å². The highest BCUT2D eigenvalue weighted by Gasteiger charge is 2.18. The van der Waals surface area contributed by atoms with Crippen LogP contribution in [-0.2, 0) is 11.2 Å². The van der Waals surface area contributed by atoms with Gasteiger partial charge in [0.05, 0.1) is 6.33 Å². The monoisotopic (exact) mass is 293 g/mol. The van der Waals surface area contributed by atoms with Crippen LogP contribution in [-0.4, -0.2) is 21.5 Å². The quantitative estimate of drug-likeness (QED) is 0.920. The third kappa shape index (κ3) is 3.65. The minimum Gasteiger partial charge on any atom is -0.352 e. The summed E-state index contributed by atoms with van der Waals surface area (Å²) >= 11 is 0. The van der Waals surface area contributed by atoms with Crippen LogP contribution in [0.1, 0.15) is 25.5 Å². The van der Waals surface area contributed by atoms with Gasteiger partial charge in [-0.2, -0.15) is 0 Å². The van der Waals surface area contributed by atoms with Crippen LogP contribution < -0.4 is 5.32 Å². The highest BCUT2D eigenvalue weighted by Crippen LogP contribution is 2.14. The number of rotatable bonds is 5. The molecule has 0 aliphatic heterocycles. The summed E-state index contributed by atoms with van der Waals surface area (Å²) in [5.41, 5.74) is -0.0133. The van der Waals surface area contributed by atoms with Crippen LogP contribution in [0, 0.1) is 11.6 Å². The van der Waals surface area contributed by atoms with E-state index >= 15 is 0 Å². The van der Waals surface area contributed by atoms with Gasteiger partial charge in [0.25, 0.3) is 0 Å². The van der Waals surface area contributed by atoms with Crippen molar-refractivity contribution in [2.24, 2.45) is 0 Å². The molecule has 1 aromatic carbocycles. The van der Waals surface area contributed by atoms with Crippen LogP contribution in [0.2, 0.25) is 0 Å². The number of nitrogens with one attached hydrogen (secondary N) is 1. The lowest BCUT2D eigenvalue weighted by Gasteiger charge is -2.18. The summed E-state index contributed by atoms with van der Waals surface area (Å²) in [5, 5.41) is 2.75. The fraction of sp³-hybridized carbons (Fsp3) is 0.333. The molecule has 1 aromatic heterocycles. The second-order valence-corrected chi connectivity index (χ2v) is 5.00. The number of halogens is 2. The number of carbonyl (C=O) groups is 1. The van der Waals surface area contributed by atoms with Crippen molar-refractivity contribution in [1.29, 1.82) is 0 Å². The molecule has 2 aromatic rings. The molecule has 0 saturated carbocycles. The zero-order valence-corrected chi connectivity index (χ0v) is 11.9. The molecule has 0 radical (unpaired) electrons. The molecule has 1 amide bonds. The zero-order chi connectivity index (χ0) is 15.4. The number of benzene rings is 1. The van der Waals surface area contributed by atoms with Gasteiger partial charge in [-0.15, -0.1) is 0 Å². The van der Waals surface area contributed by atoms with Gasteiger partial charge in [-0.3, -0.25) is 4.79 Å². The normalized spacial score (nSPS) is 13.7. The van der Waals surface area contributed by atoms with Gasteiger partial charge in [0.15, 0.2) is 0 Å². The maximum absolute atomic E-state index is 13.6. The number of amides is 1. The van der Waals surface area contributed by atoms with Crippen molar-refractivity contribution in [2.45, 2.75) is 32.4 Å². The van der Waals surface area contributed by atoms with Crippen LogP contribution in [0.15, 0.2) is 36.9 Å². The summed E-state index contributed by atoms with van der Waals surface area (Å²) in [6.45, 7) is 3.44. The highest BCUT2D eigenvalue weighted by molar-refractivity contribution is 5.80. The second kappa shape index (κ2) is 6.47. The Bertz CT molecular complexity index is 593. The molecular formula is C15H17F2N3O. The van der Waals surface area contributed by atoms with Crippen LogP contribution in [0.3, 0.4) is 0 Å². The summed E-state index contributed by atoms with van der Waals surface area (Å²) in [4.78, 5) is 15.9. The average Bonchev–Trinajstić information content (AvgIpc) is 2.96. The van der Waals surface area contributed by atoms with Gasteiger partial charge in [-0.1, -0.05) is 6.07 Å². The van der Waals surface area contributed by atoms with Gasteiger partial charge in [-0.25, -0.2) is 13.8 Å². The lowest BCUT2D eigenvalue weighted by atomic mass is 10.1. The van der Waals surface area contributed by atoms with Gasteiger partial charge in [0, 0.05) is 24.0 Å². The molecule has 2 unspecified atom stereocenters. The lowest BCUT2D eigenvalue weighted by Crippen LogP contribution is -2.38. The van der Waals surface area contributed by atoms with E-state index in [1.165, 1.54) is 18.2 Å². The van der Waals surface area contributed by atoms with Crippen molar-refractivity contribution < 1.29 is 13.6 Å². The number of nitrogens with zero attached hydrogens (tertiary/aromatic N) is 2. The van der Waals surface area contributed by atoms with E-state index in [1.807, 2.05) is 0 Å².